The van der Waals surface area contributed by atoms with Gasteiger partial charge in [-0.15, -0.1) is 11.3 Å². The van der Waals surface area contributed by atoms with Gasteiger partial charge in [-0.25, -0.2) is 14.2 Å². The number of halogens is 1. The molecule has 1 aromatic carbocycles. The van der Waals surface area contributed by atoms with Crippen LogP contribution < -0.4 is 4.90 Å². The zero-order valence-corrected chi connectivity index (χ0v) is 14.3. The topological polar surface area (TPSA) is 85.6 Å². The number of thiazole rings is 1. The first-order chi connectivity index (χ1) is 12.0. The van der Waals surface area contributed by atoms with Crippen LogP contribution in [0, 0.1) is 15.9 Å². The minimum atomic E-state index is -0.648. The SMILES string of the molecule is CCOC(=O)c1csc(C2CCCN2c2ccc(F)cc2[N+](=O)[O-])n1. The highest BCUT2D eigenvalue weighted by Crippen LogP contribution is 2.41. The fraction of sp³-hybridized carbons (Fsp3) is 0.375. The first-order valence-corrected chi connectivity index (χ1v) is 8.72. The molecule has 0 radical (unpaired) electrons. The van der Waals surface area contributed by atoms with E-state index in [1.54, 1.807) is 12.3 Å². The number of hydrogen-bond donors (Lipinski definition) is 0. The zero-order chi connectivity index (χ0) is 18.0. The van der Waals surface area contributed by atoms with E-state index < -0.39 is 16.7 Å². The number of nitro benzene ring substituents is 1. The summed E-state index contributed by atoms with van der Waals surface area (Å²) in [7, 11) is 0. The summed E-state index contributed by atoms with van der Waals surface area (Å²) in [6, 6.07) is 3.38. The minimum absolute atomic E-state index is 0.183. The van der Waals surface area contributed by atoms with Crippen LogP contribution >= 0.6 is 11.3 Å². The van der Waals surface area contributed by atoms with Crippen LogP contribution in [0.5, 0.6) is 0 Å². The number of nitrogens with zero attached hydrogens (tertiary/aromatic N) is 3. The Morgan fingerprint density at radius 3 is 3.08 bits per heavy atom. The molecule has 3 rings (SSSR count). The van der Waals surface area contributed by atoms with Gasteiger partial charge in [0.2, 0.25) is 0 Å². The van der Waals surface area contributed by atoms with Gasteiger partial charge < -0.3 is 9.64 Å². The number of carbonyl (C=O) groups excluding carboxylic acids is 1. The van der Waals surface area contributed by atoms with Crippen molar-refractivity contribution >= 4 is 28.7 Å². The van der Waals surface area contributed by atoms with Crippen LogP contribution in [0.1, 0.15) is 41.3 Å². The Morgan fingerprint density at radius 1 is 1.56 bits per heavy atom. The lowest BCUT2D eigenvalue weighted by Crippen LogP contribution is -2.23. The first kappa shape index (κ1) is 17.3. The molecule has 1 fully saturated rings. The monoisotopic (exact) mass is 365 g/mol. The lowest BCUT2D eigenvalue weighted by atomic mass is 10.2. The van der Waals surface area contributed by atoms with Crippen molar-refractivity contribution in [3.63, 3.8) is 0 Å². The molecule has 0 bridgehead atoms. The third kappa shape index (κ3) is 3.46. The predicted molar refractivity (Wildman–Crippen MR) is 90.4 cm³/mol. The number of ether oxygens (including phenoxy) is 1. The van der Waals surface area contributed by atoms with Crippen molar-refractivity contribution in [2.45, 2.75) is 25.8 Å². The third-order valence-electron chi connectivity index (χ3n) is 3.99. The van der Waals surface area contributed by atoms with Crippen molar-refractivity contribution in [2.75, 3.05) is 18.1 Å². The number of rotatable bonds is 5. The number of nitro groups is 1. The van der Waals surface area contributed by atoms with E-state index in [2.05, 4.69) is 4.98 Å². The lowest BCUT2D eigenvalue weighted by Gasteiger charge is -2.24. The number of hydrogen-bond acceptors (Lipinski definition) is 7. The third-order valence-corrected chi connectivity index (χ3v) is 4.93. The second kappa shape index (κ2) is 7.14. The van der Waals surface area contributed by atoms with Crippen LogP contribution in [0.4, 0.5) is 15.8 Å². The van der Waals surface area contributed by atoms with Gasteiger partial charge in [-0.2, -0.15) is 0 Å². The Balaban J connectivity index is 1.92. The van der Waals surface area contributed by atoms with Crippen molar-refractivity contribution in [1.82, 2.24) is 4.98 Å². The van der Waals surface area contributed by atoms with Crippen LogP contribution in [0.3, 0.4) is 0 Å². The molecule has 2 heterocycles. The summed E-state index contributed by atoms with van der Waals surface area (Å²) >= 11 is 1.32. The molecule has 1 aromatic heterocycles. The number of carbonyl (C=O) groups is 1. The van der Waals surface area contributed by atoms with Crippen molar-refractivity contribution in [1.29, 1.82) is 0 Å². The summed E-state index contributed by atoms with van der Waals surface area (Å²) in [6.45, 7) is 2.59. The van der Waals surface area contributed by atoms with E-state index in [0.717, 1.165) is 18.9 Å². The molecular formula is C16H16FN3O4S. The maximum atomic E-state index is 13.4. The van der Waals surface area contributed by atoms with E-state index in [0.29, 0.717) is 17.2 Å². The normalized spacial score (nSPS) is 16.9. The predicted octanol–water partition coefficient (Wildman–Crippen LogP) is 3.71. The largest absolute Gasteiger partial charge is 0.461 e. The molecule has 0 amide bonds. The van der Waals surface area contributed by atoms with Gasteiger partial charge in [0.25, 0.3) is 5.69 Å². The molecule has 2 aromatic rings. The van der Waals surface area contributed by atoms with E-state index >= 15 is 0 Å². The maximum Gasteiger partial charge on any atom is 0.357 e. The van der Waals surface area contributed by atoms with Gasteiger partial charge in [0.05, 0.1) is 23.6 Å². The Labute approximate surface area is 147 Å². The van der Waals surface area contributed by atoms with Gasteiger partial charge in [-0.3, -0.25) is 10.1 Å². The van der Waals surface area contributed by atoms with Gasteiger partial charge in [0.1, 0.15) is 16.5 Å². The lowest BCUT2D eigenvalue weighted by molar-refractivity contribution is -0.384. The highest BCUT2D eigenvalue weighted by molar-refractivity contribution is 7.10. The Bertz CT molecular complexity index is 810. The molecule has 1 saturated heterocycles. The van der Waals surface area contributed by atoms with Crippen molar-refractivity contribution in [3.05, 3.63) is 50.2 Å². The summed E-state index contributed by atoms with van der Waals surface area (Å²) < 4.78 is 18.3. The summed E-state index contributed by atoms with van der Waals surface area (Å²) in [5, 5.41) is 13.6. The average molecular weight is 365 g/mol. The number of anilines is 1. The van der Waals surface area contributed by atoms with Crippen LogP contribution in [-0.2, 0) is 4.74 Å². The van der Waals surface area contributed by atoms with E-state index in [9.17, 15) is 19.3 Å². The van der Waals surface area contributed by atoms with Crippen LogP contribution in [0.15, 0.2) is 23.6 Å². The molecule has 9 heteroatoms. The highest BCUT2D eigenvalue weighted by atomic mass is 32.1. The van der Waals surface area contributed by atoms with E-state index in [1.807, 2.05) is 4.90 Å². The molecule has 1 unspecified atom stereocenters. The smallest absolute Gasteiger partial charge is 0.357 e. The molecular weight excluding hydrogens is 349 g/mol. The quantitative estimate of drug-likeness (QED) is 0.456. The van der Waals surface area contributed by atoms with E-state index in [4.69, 9.17) is 4.74 Å². The molecule has 0 saturated carbocycles. The van der Waals surface area contributed by atoms with Crippen molar-refractivity contribution in [2.24, 2.45) is 0 Å². The minimum Gasteiger partial charge on any atom is -0.461 e. The second-order valence-corrected chi connectivity index (χ2v) is 6.42. The second-order valence-electron chi connectivity index (χ2n) is 5.53. The fourth-order valence-electron chi connectivity index (χ4n) is 2.94. The molecule has 25 heavy (non-hydrogen) atoms. The fourth-order valence-corrected chi connectivity index (χ4v) is 3.87. The Morgan fingerprint density at radius 2 is 2.36 bits per heavy atom. The number of aromatic nitrogens is 1. The molecule has 132 valence electrons. The van der Waals surface area contributed by atoms with Crippen LogP contribution in [-0.4, -0.2) is 29.0 Å². The molecule has 0 aliphatic carbocycles. The molecule has 0 N–H and O–H groups in total. The molecule has 7 nitrogen and oxygen atoms in total. The van der Waals surface area contributed by atoms with E-state index in [-0.39, 0.29) is 24.0 Å². The summed E-state index contributed by atoms with van der Waals surface area (Å²) in [6.07, 6.45) is 1.58. The Hall–Kier alpha value is -2.55. The van der Waals surface area contributed by atoms with Gasteiger partial charge in [-0.05, 0) is 31.9 Å². The average Bonchev–Trinajstić information content (AvgIpc) is 3.24. The van der Waals surface area contributed by atoms with Gasteiger partial charge in [0.15, 0.2) is 5.69 Å². The molecule has 0 spiro atoms. The van der Waals surface area contributed by atoms with E-state index in [1.165, 1.54) is 23.5 Å². The maximum absolute atomic E-state index is 13.4. The van der Waals surface area contributed by atoms with Crippen molar-refractivity contribution in [3.8, 4) is 0 Å². The van der Waals surface area contributed by atoms with Crippen LogP contribution in [0.25, 0.3) is 0 Å². The zero-order valence-electron chi connectivity index (χ0n) is 13.5. The van der Waals surface area contributed by atoms with Crippen molar-refractivity contribution < 1.29 is 18.8 Å². The highest BCUT2D eigenvalue weighted by Gasteiger charge is 2.33. The first-order valence-electron chi connectivity index (χ1n) is 7.84. The summed E-state index contributed by atoms with van der Waals surface area (Å²) in [5.41, 5.74) is 0.332. The molecule has 1 aliphatic rings. The number of benzene rings is 1. The van der Waals surface area contributed by atoms with Crippen LogP contribution in [0.2, 0.25) is 0 Å². The van der Waals surface area contributed by atoms with Gasteiger partial charge in [0, 0.05) is 11.9 Å². The Kier molecular flexibility index (Phi) is 4.93. The summed E-state index contributed by atoms with van der Waals surface area (Å²) in [5.74, 6) is -1.13. The van der Waals surface area contributed by atoms with Gasteiger partial charge >= 0.3 is 5.97 Å². The number of esters is 1. The summed E-state index contributed by atoms with van der Waals surface area (Å²) in [4.78, 5) is 28.7. The standard InChI is InChI=1S/C16H16FN3O4S/c1-2-24-16(21)11-9-25-15(18-11)13-4-3-7-19(13)12-6-5-10(17)8-14(12)20(22)23/h5-6,8-9,13H,2-4,7H2,1H3. The molecule has 1 aliphatic heterocycles. The van der Waals surface area contributed by atoms with Gasteiger partial charge in [-0.1, -0.05) is 0 Å². The molecule has 1 atom stereocenters.